The Morgan fingerprint density at radius 1 is 1.19 bits per heavy atom. The van der Waals surface area contributed by atoms with Crippen molar-refractivity contribution in [2.45, 2.75) is 4.90 Å². The Hall–Kier alpha value is -2.63. The second-order valence-corrected chi connectivity index (χ2v) is 5.79. The zero-order chi connectivity index (χ0) is 15.6. The highest BCUT2D eigenvalue weighted by Crippen LogP contribution is 2.26. The fourth-order valence-electron chi connectivity index (χ4n) is 1.66. The molecule has 2 aromatic carbocycles. The molecule has 2 aromatic rings. The number of anilines is 3. The highest BCUT2D eigenvalue weighted by atomic mass is 32.2. The van der Waals surface area contributed by atoms with Crippen molar-refractivity contribution in [2.24, 2.45) is 5.14 Å². The Balaban J connectivity index is 2.42. The van der Waals surface area contributed by atoms with E-state index in [4.69, 9.17) is 16.1 Å². The van der Waals surface area contributed by atoms with Gasteiger partial charge in [0.05, 0.1) is 21.8 Å². The molecule has 5 N–H and O–H groups in total. The SMILES string of the molecule is N#Cc1cc(Nc2cc(S(N)(=O)=O)ccc2N)ccc1F. The van der Waals surface area contributed by atoms with Crippen LogP contribution in [0.4, 0.5) is 21.5 Å². The summed E-state index contributed by atoms with van der Waals surface area (Å²) in [4.78, 5) is -0.109. The first-order valence-electron chi connectivity index (χ1n) is 5.70. The van der Waals surface area contributed by atoms with Gasteiger partial charge >= 0.3 is 0 Å². The van der Waals surface area contributed by atoms with Crippen LogP contribution in [-0.2, 0) is 10.0 Å². The Bertz CT molecular complexity index is 844. The molecule has 0 saturated heterocycles. The summed E-state index contributed by atoms with van der Waals surface area (Å²) in [5.41, 5.74) is 6.57. The molecule has 8 heteroatoms. The molecule has 0 atom stereocenters. The number of halogens is 1. The van der Waals surface area contributed by atoms with Gasteiger partial charge in [0.2, 0.25) is 10.0 Å². The maximum Gasteiger partial charge on any atom is 0.238 e. The van der Waals surface area contributed by atoms with Gasteiger partial charge in [-0.3, -0.25) is 0 Å². The first-order valence-corrected chi connectivity index (χ1v) is 7.25. The Morgan fingerprint density at radius 2 is 1.90 bits per heavy atom. The van der Waals surface area contributed by atoms with Crippen molar-refractivity contribution >= 4 is 27.1 Å². The summed E-state index contributed by atoms with van der Waals surface area (Å²) >= 11 is 0. The van der Waals surface area contributed by atoms with Crippen LogP contribution in [0.3, 0.4) is 0 Å². The van der Waals surface area contributed by atoms with E-state index in [-0.39, 0.29) is 21.8 Å². The molecular formula is C13H11FN4O2S. The minimum absolute atomic E-state index is 0.109. The number of nitrogens with one attached hydrogen (secondary N) is 1. The normalized spacial score (nSPS) is 10.9. The number of hydrogen-bond donors (Lipinski definition) is 3. The first-order chi connectivity index (χ1) is 9.81. The highest BCUT2D eigenvalue weighted by molar-refractivity contribution is 7.89. The van der Waals surface area contributed by atoms with Gasteiger partial charge in [0, 0.05) is 5.69 Å². The molecule has 0 spiro atoms. The van der Waals surface area contributed by atoms with Gasteiger partial charge in [-0.1, -0.05) is 0 Å². The number of primary sulfonamides is 1. The van der Waals surface area contributed by atoms with Gasteiger partial charge < -0.3 is 11.1 Å². The lowest BCUT2D eigenvalue weighted by Gasteiger charge is -2.11. The quantitative estimate of drug-likeness (QED) is 0.744. The van der Waals surface area contributed by atoms with E-state index < -0.39 is 15.8 Å². The molecule has 21 heavy (non-hydrogen) atoms. The van der Waals surface area contributed by atoms with Crippen molar-refractivity contribution in [3.63, 3.8) is 0 Å². The predicted molar refractivity (Wildman–Crippen MR) is 76.6 cm³/mol. The molecule has 0 saturated carbocycles. The summed E-state index contributed by atoms with van der Waals surface area (Å²) in [6.07, 6.45) is 0. The van der Waals surface area contributed by atoms with Crippen molar-refractivity contribution in [1.29, 1.82) is 5.26 Å². The van der Waals surface area contributed by atoms with Gasteiger partial charge in [0.15, 0.2) is 0 Å². The zero-order valence-corrected chi connectivity index (χ0v) is 11.5. The molecule has 0 fully saturated rings. The number of rotatable bonds is 3. The zero-order valence-electron chi connectivity index (χ0n) is 10.7. The molecule has 6 nitrogen and oxygen atoms in total. The molecule has 0 bridgehead atoms. The van der Waals surface area contributed by atoms with Crippen LogP contribution in [0, 0.1) is 17.1 Å². The minimum atomic E-state index is -3.86. The molecule has 0 aliphatic rings. The highest BCUT2D eigenvalue weighted by Gasteiger charge is 2.11. The number of nitriles is 1. The van der Waals surface area contributed by atoms with E-state index in [9.17, 15) is 12.8 Å². The van der Waals surface area contributed by atoms with Gasteiger partial charge in [0.1, 0.15) is 11.9 Å². The number of nitrogens with zero attached hydrogens (tertiary/aromatic N) is 1. The average molecular weight is 306 g/mol. The third-order valence-corrected chi connectivity index (χ3v) is 3.63. The second kappa shape index (κ2) is 5.40. The Kier molecular flexibility index (Phi) is 3.80. The van der Waals surface area contributed by atoms with E-state index in [1.54, 1.807) is 6.07 Å². The monoisotopic (exact) mass is 306 g/mol. The van der Waals surface area contributed by atoms with Crippen molar-refractivity contribution in [3.05, 3.63) is 47.8 Å². The van der Waals surface area contributed by atoms with Gasteiger partial charge in [-0.15, -0.1) is 0 Å². The van der Waals surface area contributed by atoms with Crippen LogP contribution in [0.5, 0.6) is 0 Å². The fraction of sp³-hybridized carbons (Fsp3) is 0. The fourth-order valence-corrected chi connectivity index (χ4v) is 2.20. The number of hydrogen-bond acceptors (Lipinski definition) is 5. The van der Waals surface area contributed by atoms with E-state index in [0.29, 0.717) is 5.69 Å². The third-order valence-electron chi connectivity index (χ3n) is 2.72. The van der Waals surface area contributed by atoms with Crippen molar-refractivity contribution in [2.75, 3.05) is 11.1 Å². The summed E-state index contributed by atoms with van der Waals surface area (Å²) in [7, 11) is -3.86. The molecule has 0 heterocycles. The first kappa shape index (κ1) is 14.8. The van der Waals surface area contributed by atoms with Crippen LogP contribution in [0.2, 0.25) is 0 Å². The van der Waals surface area contributed by atoms with Crippen LogP contribution in [0.15, 0.2) is 41.3 Å². The Labute approximate surface area is 120 Å². The predicted octanol–water partition coefficient (Wildman–Crippen LogP) is 1.67. The van der Waals surface area contributed by atoms with E-state index in [1.807, 2.05) is 0 Å². The lowest BCUT2D eigenvalue weighted by molar-refractivity contribution is 0.598. The molecule has 0 radical (unpaired) electrons. The van der Waals surface area contributed by atoms with E-state index >= 15 is 0 Å². The smallest absolute Gasteiger partial charge is 0.238 e. The lowest BCUT2D eigenvalue weighted by Crippen LogP contribution is -2.12. The summed E-state index contributed by atoms with van der Waals surface area (Å²) in [6.45, 7) is 0. The molecule has 0 amide bonds. The number of nitrogen functional groups attached to an aromatic ring is 1. The minimum Gasteiger partial charge on any atom is -0.397 e. The molecule has 0 aliphatic carbocycles. The lowest BCUT2D eigenvalue weighted by atomic mass is 10.2. The van der Waals surface area contributed by atoms with Crippen LogP contribution in [-0.4, -0.2) is 8.42 Å². The van der Waals surface area contributed by atoms with Crippen molar-refractivity contribution < 1.29 is 12.8 Å². The Morgan fingerprint density at radius 3 is 2.52 bits per heavy atom. The molecule has 0 aliphatic heterocycles. The van der Waals surface area contributed by atoms with Crippen molar-refractivity contribution in [1.82, 2.24) is 0 Å². The van der Waals surface area contributed by atoms with Crippen LogP contribution in [0.25, 0.3) is 0 Å². The molecular weight excluding hydrogens is 295 g/mol. The van der Waals surface area contributed by atoms with Crippen molar-refractivity contribution in [3.8, 4) is 6.07 Å². The number of benzene rings is 2. The number of nitrogens with two attached hydrogens (primary N) is 2. The summed E-state index contributed by atoms with van der Waals surface area (Å²) in [6, 6.07) is 9.46. The van der Waals surface area contributed by atoms with Crippen LogP contribution < -0.4 is 16.2 Å². The maximum atomic E-state index is 13.2. The van der Waals surface area contributed by atoms with E-state index in [2.05, 4.69) is 5.32 Å². The second-order valence-electron chi connectivity index (χ2n) is 4.23. The summed E-state index contributed by atoms with van der Waals surface area (Å²) in [5, 5.41) is 16.6. The van der Waals surface area contributed by atoms with E-state index in [1.165, 1.54) is 30.3 Å². The molecule has 108 valence electrons. The third kappa shape index (κ3) is 3.28. The topological polar surface area (TPSA) is 122 Å². The number of sulfonamides is 1. The van der Waals surface area contributed by atoms with Crippen LogP contribution in [0.1, 0.15) is 5.56 Å². The maximum absolute atomic E-state index is 13.2. The van der Waals surface area contributed by atoms with Gasteiger partial charge in [-0.25, -0.2) is 17.9 Å². The summed E-state index contributed by atoms with van der Waals surface area (Å²) in [5.74, 6) is -0.644. The van der Waals surface area contributed by atoms with Gasteiger partial charge in [-0.05, 0) is 36.4 Å². The largest absolute Gasteiger partial charge is 0.397 e. The molecule has 0 aromatic heterocycles. The van der Waals surface area contributed by atoms with Gasteiger partial charge in [-0.2, -0.15) is 5.26 Å². The molecule has 0 unspecified atom stereocenters. The summed E-state index contributed by atoms with van der Waals surface area (Å²) < 4.78 is 35.9. The average Bonchev–Trinajstić information content (AvgIpc) is 2.42. The standard InChI is InChI=1S/C13H11FN4O2S/c14-11-3-1-9(5-8(11)7-15)18-13-6-10(21(17,19)20)2-4-12(13)16/h1-6,18H,16H2,(H2,17,19,20). The van der Waals surface area contributed by atoms with E-state index in [0.717, 1.165) is 6.07 Å². The molecule has 2 rings (SSSR count). The van der Waals surface area contributed by atoms with Gasteiger partial charge in [0.25, 0.3) is 0 Å². The van der Waals surface area contributed by atoms with Crippen LogP contribution >= 0.6 is 0 Å².